The fraction of sp³-hybridized carbons (Fsp3) is 0.542. The van der Waals surface area contributed by atoms with Gasteiger partial charge in [0.15, 0.2) is 0 Å². The number of fused-ring (bicyclic) bond motifs is 1. The Bertz CT molecular complexity index is 1070. The third-order valence-corrected chi connectivity index (χ3v) is 8.19. The molecule has 0 spiro atoms. The van der Waals surface area contributed by atoms with E-state index in [1.165, 1.54) is 0 Å². The van der Waals surface area contributed by atoms with Crippen molar-refractivity contribution >= 4 is 28.0 Å². The van der Waals surface area contributed by atoms with Crippen molar-refractivity contribution in [2.24, 2.45) is 0 Å². The van der Waals surface area contributed by atoms with Crippen molar-refractivity contribution in [2.75, 3.05) is 18.5 Å². The smallest absolute Gasteiger partial charge is 0.255 e. The summed E-state index contributed by atoms with van der Waals surface area (Å²) in [5, 5.41) is 1.14. The maximum absolute atomic E-state index is 13.6. The lowest BCUT2D eigenvalue weighted by atomic mass is 9.93. The molecule has 4 rings (SSSR count). The van der Waals surface area contributed by atoms with Crippen molar-refractivity contribution < 1.29 is 9.59 Å². The lowest BCUT2D eigenvalue weighted by molar-refractivity contribution is -0.120. The van der Waals surface area contributed by atoms with Gasteiger partial charge in [0, 0.05) is 48.6 Å². The molecular formula is C24H31N3O3S. The average molecular weight is 442 g/mol. The van der Waals surface area contributed by atoms with Crippen LogP contribution in [-0.2, 0) is 17.8 Å². The van der Waals surface area contributed by atoms with E-state index in [4.69, 9.17) is 0 Å². The van der Waals surface area contributed by atoms with Crippen LogP contribution in [-0.4, -0.2) is 41.2 Å². The van der Waals surface area contributed by atoms with Crippen LogP contribution in [0.4, 0.5) is 5.00 Å². The highest BCUT2D eigenvalue weighted by Crippen LogP contribution is 2.40. The molecule has 0 radical (unpaired) electrons. The van der Waals surface area contributed by atoms with E-state index >= 15 is 0 Å². The summed E-state index contributed by atoms with van der Waals surface area (Å²) in [5.41, 5.74) is 4.17. The number of aromatic amines is 1. The minimum Gasteiger partial charge on any atom is -0.363 e. The molecule has 0 saturated heterocycles. The number of Topliss-reactive ketones (excluding diaryl/α,β-unsaturated/α-hetero) is 1. The van der Waals surface area contributed by atoms with Gasteiger partial charge in [-0.05, 0) is 63.6 Å². The maximum atomic E-state index is 13.6. The number of anilines is 1. The number of ketones is 1. The molecule has 0 bridgehead atoms. The van der Waals surface area contributed by atoms with Crippen molar-refractivity contribution in [1.82, 2.24) is 9.88 Å². The summed E-state index contributed by atoms with van der Waals surface area (Å²) in [4.78, 5) is 45.8. The van der Waals surface area contributed by atoms with Crippen LogP contribution in [0.2, 0.25) is 0 Å². The van der Waals surface area contributed by atoms with Gasteiger partial charge in [-0.25, -0.2) is 0 Å². The van der Waals surface area contributed by atoms with E-state index < -0.39 is 0 Å². The van der Waals surface area contributed by atoms with Crippen LogP contribution in [0.1, 0.15) is 69.7 Å². The van der Waals surface area contributed by atoms with Crippen LogP contribution in [0.5, 0.6) is 0 Å². The molecule has 2 aromatic rings. The monoisotopic (exact) mass is 441 g/mol. The summed E-state index contributed by atoms with van der Waals surface area (Å²) in [6.45, 7) is 6.84. The van der Waals surface area contributed by atoms with Crippen LogP contribution in [0.15, 0.2) is 10.9 Å². The van der Waals surface area contributed by atoms with Gasteiger partial charge in [-0.1, -0.05) is 0 Å². The number of carbonyl (C=O) groups is 2. The number of nitrogens with zero attached hydrogens (tertiary/aromatic N) is 2. The number of amides is 1. The van der Waals surface area contributed by atoms with Crippen molar-refractivity contribution in [3.63, 3.8) is 0 Å². The molecule has 166 valence electrons. The van der Waals surface area contributed by atoms with Crippen LogP contribution in [0.3, 0.4) is 0 Å². The number of hydrogen-bond acceptors (Lipinski definition) is 5. The Morgan fingerprint density at radius 3 is 2.52 bits per heavy atom. The lowest BCUT2D eigenvalue weighted by Crippen LogP contribution is -2.35. The zero-order chi connectivity index (χ0) is 22.3. The molecule has 1 aliphatic heterocycles. The van der Waals surface area contributed by atoms with Crippen molar-refractivity contribution in [1.29, 1.82) is 0 Å². The van der Waals surface area contributed by atoms with Gasteiger partial charge in [-0.15, -0.1) is 11.3 Å². The number of thiophene rings is 1. The molecule has 31 heavy (non-hydrogen) atoms. The Morgan fingerprint density at radius 2 is 1.84 bits per heavy atom. The molecule has 0 atom stereocenters. The molecule has 0 unspecified atom stereocenters. The van der Waals surface area contributed by atoms with Crippen LogP contribution in [0.25, 0.3) is 0 Å². The second-order valence-corrected chi connectivity index (χ2v) is 10.1. The van der Waals surface area contributed by atoms with E-state index in [0.29, 0.717) is 43.3 Å². The van der Waals surface area contributed by atoms with Gasteiger partial charge < -0.3 is 14.8 Å². The van der Waals surface area contributed by atoms with Gasteiger partial charge in [-0.3, -0.25) is 14.4 Å². The number of hydrogen-bond donors (Lipinski definition) is 1. The number of nitrogens with one attached hydrogen (secondary N) is 1. The Morgan fingerprint density at radius 1 is 1.13 bits per heavy atom. The fourth-order valence-electron chi connectivity index (χ4n) is 4.94. The Labute approximate surface area is 187 Å². The third kappa shape index (κ3) is 4.20. The Balaban J connectivity index is 1.61. The van der Waals surface area contributed by atoms with E-state index in [1.54, 1.807) is 11.3 Å². The van der Waals surface area contributed by atoms with E-state index in [9.17, 15) is 14.4 Å². The Hall–Kier alpha value is -2.41. The van der Waals surface area contributed by atoms with Gasteiger partial charge in [0.2, 0.25) is 0 Å². The molecule has 1 N–H and O–H groups in total. The van der Waals surface area contributed by atoms with E-state index in [1.807, 2.05) is 31.7 Å². The molecule has 1 fully saturated rings. The molecule has 2 aliphatic rings. The normalized spacial score (nSPS) is 17.6. The zero-order valence-corrected chi connectivity index (χ0v) is 19.7. The summed E-state index contributed by atoms with van der Waals surface area (Å²) in [5.74, 6) is 0.384. The first-order valence-corrected chi connectivity index (χ1v) is 11.9. The number of H-pyrrole nitrogens is 1. The first-order chi connectivity index (χ1) is 14.8. The summed E-state index contributed by atoms with van der Waals surface area (Å²) >= 11 is 1.72. The number of rotatable bonds is 4. The van der Waals surface area contributed by atoms with Gasteiger partial charge in [0.25, 0.3) is 11.5 Å². The largest absolute Gasteiger partial charge is 0.363 e. The topological polar surface area (TPSA) is 73.5 Å². The molecule has 1 aliphatic carbocycles. The second kappa shape index (κ2) is 8.61. The number of carbonyl (C=O) groups excluding carboxylic acids is 2. The van der Waals surface area contributed by atoms with Gasteiger partial charge >= 0.3 is 0 Å². The SMILES string of the molecule is Cc1cc(C)c(CN2CCCc3sc(N(C)C4CCC(=O)CC4)c(C)c3C2=O)c(=O)[nH]1. The first-order valence-electron chi connectivity index (χ1n) is 11.1. The fourth-order valence-corrected chi connectivity index (χ4v) is 6.31. The highest BCUT2D eigenvalue weighted by Gasteiger charge is 2.31. The third-order valence-electron chi connectivity index (χ3n) is 6.75. The summed E-state index contributed by atoms with van der Waals surface area (Å²) < 4.78 is 0. The molecule has 3 heterocycles. The molecule has 1 amide bonds. The van der Waals surface area contributed by atoms with Crippen molar-refractivity contribution in [3.8, 4) is 0 Å². The first kappa shape index (κ1) is 21.8. The minimum absolute atomic E-state index is 0.0269. The van der Waals surface area contributed by atoms with E-state index in [0.717, 1.165) is 57.9 Å². The van der Waals surface area contributed by atoms with E-state index in [-0.39, 0.29) is 11.5 Å². The number of pyridine rings is 1. The molecular weight excluding hydrogens is 410 g/mol. The predicted molar refractivity (Wildman–Crippen MR) is 124 cm³/mol. The molecule has 2 aromatic heterocycles. The summed E-state index contributed by atoms with van der Waals surface area (Å²) in [6, 6.07) is 2.31. The highest BCUT2D eigenvalue weighted by atomic mass is 32.1. The molecule has 7 heteroatoms. The highest BCUT2D eigenvalue weighted by molar-refractivity contribution is 7.16. The second-order valence-electron chi connectivity index (χ2n) is 8.98. The minimum atomic E-state index is -0.107. The van der Waals surface area contributed by atoms with Gasteiger partial charge in [-0.2, -0.15) is 0 Å². The number of aryl methyl sites for hydroxylation is 3. The average Bonchev–Trinajstić information content (AvgIpc) is 2.95. The maximum Gasteiger partial charge on any atom is 0.255 e. The van der Waals surface area contributed by atoms with E-state index in [2.05, 4.69) is 16.9 Å². The van der Waals surface area contributed by atoms with Gasteiger partial charge in [0.05, 0.1) is 17.1 Å². The predicted octanol–water partition coefficient (Wildman–Crippen LogP) is 3.90. The standard InChI is InChI=1S/C24H31N3O3S/c1-14-12-15(2)25-22(29)19(14)13-27-11-5-6-20-21(23(27)30)16(3)24(31-20)26(4)17-7-9-18(28)10-8-17/h12,17H,5-11,13H2,1-4H3,(H,25,29). The Kier molecular flexibility index (Phi) is 6.06. The van der Waals surface area contributed by atoms with Crippen molar-refractivity contribution in [2.45, 2.75) is 71.9 Å². The zero-order valence-electron chi connectivity index (χ0n) is 18.8. The lowest BCUT2D eigenvalue weighted by Gasteiger charge is -2.32. The quantitative estimate of drug-likeness (QED) is 0.781. The molecule has 1 saturated carbocycles. The number of aromatic nitrogens is 1. The van der Waals surface area contributed by atoms with Crippen LogP contribution < -0.4 is 10.5 Å². The van der Waals surface area contributed by atoms with Crippen molar-refractivity contribution in [3.05, 3.63) is 49.2 Å². The molecule has 6 nitrogen and oxygen atoms in total. The molecule has 0 aromatic carbocycles. The van der Waals surface area contributed by atoms with Crippen LogP contribution in [0, 0.1) is 20.8 Å². The summed E-state index contributed by atoms with van der Waals surface area (Å²) in [7, 11) is 2.09. The van der Waals surface area contributed by atoms with Crippen LogP contribution >= 0.6 is 11.3 Å². The summed E-state index contributed by atoms with van der Waals surface area (Å²) in [6.07, 6.45) is 4.83. The van der Waals surface area contributed by atoms with Gasteiger partial charge in [0.1, 0.15) is 5.78 Å².